The van der Waals surface area contributed by atoms with Crippen molar-refractivity contribution < 1.29 is 0 Å². The minimum Gasteiger partial charge on any atom is -0.307 e. The zero-order valence-corrected chi connectivity index (χ0v) is 12.2. The summed E-state index contributed by atoms with van der Waals surface area (Å²) in [5, 5.41) is 8.16. The fourth-order valence-electron chi connectivity index (χ4n) is 2.88. The van der Waals surface area contributed by atoms with Crippen molar-refractivity contribution in [3.05, 3.63) is 53.3 Å². The van der Waals surface area contributed by atoms with Crippen LogP contribution in [0.15, 0.2) is 36.5 Å². The fraction of sp³-hybridized carbons (Fsp3) is 0.471. The predicted octanol–water partition coefficient (Wildman–Crippen LogP) is 3.60. The van der Waals surface area contributed by atoms with Crippen LogP contribution in [0.1, 0.15) is 48.5 Å². The highest BCUT2D eigenvalue weighted by Gasteiger charge is 2.17. The minimum absolute atomic E-state index is 0.640. The summed E-state index contributed by atoms with van der Waals surface area (Å²) in [5.41, 5.74) is 3.78. The first-order chi connectivity index (χ1) is 9.81. The van der Waals surface area contributed by atoms with Gasteiger partial charge in [0, 0.05) is 19.3 Å². The van der Waals surface area contributed by atoms with Crippen molar-refractivity contribution in [1.29, 1.82) is 0 Å². The lowest BCUT2D eigenvalue weighted by Gasteiger charge is -2.09. The van der Waals surface area contributed by atoms with E-state index >= 15 is 0 Å². The van der Waals surface area contributed by atoms with E-state index in [2.05, 4.69) is 53.5 Å². The molecule has 1 N–H and O–H groups in total. The Bertz CT molecular complexity index is 536. The van der Waals surface area contributed by atoms with Gasteiger partial charge < -0.3 is 5.32 Å². The Morgan fingerprint density at radius 3 is 2.60 bits per heavy atom. The molecule has 0 radical (unpaired) electrons. The quantitative estimate of drug-likeness (QED) is 0.899. The standard InChI is InChI=1S/C17H23N3/c1-14-6-8-15(9-7-14)12-18-13-16-10-11-20(19-16)17-4-2-3-5-17/h6-11,17-18H,2-5,12-13H2,1H3. The SMILES string of the molecule is Cc1ccc(CNCc2ccn(C3CCCC3)n2)cc1. The van der Waals surface area contributed by atoms with Crippen molar-refractivity contribution in [2.45, 2.75) is 51.7 Å². The first-order valence-corrected chi connectivity index (χ1v) is 7.61. The van der Waals surface area contributed by atoms with Gasteiger partial charge in [-0.1, -0.05) is 42.7 Å². The Hall–Kier alpha value is -1.61. The second-order valence-corrected chi connectivity index (χ2v) is 5.81. The van der Waals surface area contributed by atoms with Gasteiger partial charge in [-0.3, -0.25) is 4.68 Å². The second-order valence-electron chi connectivity index (χ2n) is 5.81. The highest BCUT2D eigenvalue weighted by Crippen LogP contribution is 2.28. The topological polar surface area (TPSA) is 29.9 Å². The molecular weight excluding hydrogens is 246 g/mol. The van der Waals surface area contributed by atoms with Gasteiger partial charge in [0.15, 0.2) is 0 Å². The molecule has 1 aliphatic rings. The number of rotatable bonds is 5. The van der Waals surface area contributed by atoms with Crippen molar-refractivity contribution in [3.8, 4) is 0 Å². The van der Waals surface area contributed by atoms with Crippen molar-refractivity contribution >= 4 is 0 Å². The molecule has 1 aromatic carbocycles. The van der Waals surface area contributed by atoms with E-state index in [9.17, 15) is 0 Å². The highest BCUT2D eigenvalue weighted by molar-refractivity contribution is 5.21. The van der Waals surface area contributed by atoms with Crippen LogP contribution in [-0.4, -0.2) is 9.78 Å². The van der Waals surface area contributed by atoms with Crippen LogP contribution in [-0.2, 0) is 13.1 Å². The van der Waals surface area contributed by atoms with Crippen molar-refractivity contribution in [2.75, 3.05) is 0 Å². The average molecular weight is 269 g/mol. The Kier molecular flexibility index (Phi) is 4.16. The van der Waals surface area contributed by atoms with E-state index in [1.807, 2.05) is 0 Å². The lowest BCUT2D eigenvalue weighted by atomic mass is 10.1. The van der Waals surface area contributed by atoms with Gasteiger partial charge in [0.2, 0.25) is 0 Å². The van der Waals surface area contributed by atoms with Gasteiger partial charge in [-0.05, 0) is 31.4 Å². The molecule has 0 saturated heterocycles. The number of nitrogens with one attached hydrogen (secondary N) is 1. The van der Waals surface area contributed by atoms with E-state index in [0.29, 0.717) is 6.04 Å². The van der Waals surface area contributed by atoms with Crippen LogP contribution in [0, 0.1) is 6.92 Å². The zero-order chi connectivity index (χ0) is 13.8. The molecule has 3 heteroatoms. The summed E-state index contributed by atoms with van der Waals surface area (Å²) < 4.78 is 2.16. The average Bonchev–Trinajstić information content (AvgIpc) is 3.11. The summed E-state index contributed by atoms with van der Waals surface area (Å²) in [6.45, 7) is 3.86. The predicted molar refractivity (Wildman–Crippen MR) is 81.5 cm³/mol. The molecule has 3 rings (SSSR count). The third-order valence-corrected chi connectivity index (χ3v) is 4.12. The third-order valence-electron chi connectivity index (χ3n) is 4.12. The molecule has 0 unspecified atom stereocenters. The van der Waals surface area contributed by atoms with Crippen LogP contribution in [0.2, 0.25) is 0 Å². The zero-order valence-electron chi connectivity index (χ0n) is 12.2. The molecule has 0 atom stereocenters. The first-order valence-electron chi connectivity index (χ1n) is 7.61. The van der Waals surface area contributed by atoms with E-state index in [0.717, 1.165) is 18.8 Å². The number of hydrogen-bond donors (Lipinski definition) is 1. The molecule has 0 amide bonds. The van der Waals surface area contributed by atoms with E-state index in [1.165, 1.54) is 36.8 Å². The van der Waals surface area contributed by atoms with Crippen LogP contribution in [0.3, 0.4) is 0 Å². The maximum absolute atomic E-state index is 4.69. The van der Waals surface area contributed by atoms with Crippen LogP contribution < -0.4 is 5.32 Å². The van der Waals surface area contributed by atoms with Crippen LogP contribution in [0.4, 0.5) is 0 Å². The van der Waals surface area contributed by atoms with E-state index in [1.54, 1.807) is 0 Å². The van der Waals surface area contributed by atoms with E-state index in [4.69, 9.17) is 5.10 Å². The normalized spacial score (nSPS) is 15.8. The van der Waals surface area contributed by atoms with Crippen molar-refractivity contribution in [1.82, 2.24) is 15.1 Å². The number of hydrogen-bond acceptors (Lipinski definition) is 2. The maximum atomic E-state index is 4.69. The lowest BCUT2D eigenvalue weighted by Crippen LogP contribution is -2.14. The molecule has 2 aromatic rings. The van der Waals surface area contributed by atoms with Gasteiger partial charge in [-0.2, -0.15) is 5.10 Å². The van der Waals surface area contributed by atoms with E-state index in [-0.39, 0.29) is 0 Å². The molecular formula is C17H23N3. The Morgan fingerprint density at radius 1 is 1.10 bits per heavy atom. The smallest absolute Gasteiger partial charge is 0.0762 e. The fourth-order valence-corrected chi connectivity index (χ4v) is 2.88. The summed E-state index contributed by atoms with van der Waals surface area (Å²) in [7, 11) is 0. The molecule has 0 bridgehead atoms. The van der Waals surface area contributed by atoms with Gasteiger partial charge in [-0.15, -0.1) is 0 Å². The van der Waals surface area contributed by atoms with Crippen LogP contribution in [0.5, 0.6) is 0 Å². The highest BCUT2D eigenvalue weighted by atomic mass is 15.3. The number of nitrogens with zero attached hydrogens (tertiary/aromatic N) is 2. The van der Waals surface area contributed by atoms with Crippen molar-refractivity contribution in [2.24, 2.45) is 0 Å². The third kappa shape index (κ3) is 3.28. The maximum Gasteiger partial charge on any atom is 0.0762 e. The molecule has 1 aliphatic carbocycles. The molecule has 106 valence electrons. The molecule has 1 heterocycles. The molecule has 0 aliphatic heterocycles. The summed E-state index contributed by atoms with van der Waals surface area (Å²) in [6.07, 6.45) is 7.42. The number of aromatic nitrogens is 2. The summed E-state index contributed by atoms with van der Waals surface area (Å²) in [6, 6.07) is 11.5. The summed E-state index contributed by atoms with van der Waals surface area (Å²) in [4.78, 5) is 0. The van der Waals surface area contributed by atoms with Gasteiger partial charge in [-0.25, -0.2) is 0 Å². The summed E-state index contributed by atoms with van der Waals surface area (Å²) in [5.74, 6) is 0. The lowest BCUT2D eigenvalue weighted by molar-refractivity contribution is 0.461. The number of benzene rings is 1. The van der Waals surface area contributed by atoms with Gasteiger partial charge in [0.25, 0.3) is 0 Å². The molecule has 0 spiro atoms. The van der Waals surface area contributed by atoms with Crippen LogP contribution in [0.25, 0.3) is 0 Å². The largest absolute Gasteiger partial charge is 0.307 e. The summed E-state index contributed by atoms with van der Waals surface area (Å²) >= 11 is 0. The van der Waals surface area contributed by atoms with Gasteiger partial charge >= 0.3 is 0 Å². The van der Waals surface area contributed by atoms with Gasteiger partial charge in [0.05, 0.1) is 11.7 Å². The molecule has 20 heavy (non-hydrogen) atoms. The van der Waals surface area contributed by atoms with Crippen molar-refractivity contribution in [3.63, 3.8) is 0 Å². The Morgan fingerprint density at radius 2 is 1.85 bits per heavy atom. The Labute approximate surface area is 121 Å². The number of aryl methyl sites for hydroxylation is 1. The van der Waals surface area contributed by atoms with Crippen LogP contribution >= 0.6 is 0 Å². The molecule has 1 saturated carbocycles. The second kappa shape index (κ2) is 6.23. The Balaban J connectivity index is 1.49. The van der Waals surface area contributed by atoms with Gasteiger partial charge in [0.1, 0.15) is 0 Å². The molecule has 3 nitrogen and oxygen atoms in total. The molecule has 1 aromatic heterocycles. The monoisotopic (exact) mass is 269 g/mol. The van der Waals surface area contributed by atoms with E-state index < -0.39 is 0 Å². The minimum atomic E-state index is 0.640. The molecule has 1 fully saturated rings. The first kappa shape index (κ1) is 13.4.